The number of nitrogens with two attached hydrogens (primary N) is 1. The van der Waals surface area contributed by atoms with Gasteiger partial charge in [0.15, 0.2) is 0 Å². The Labute approximate surface area is 162 Å². The van der Waals surface area contributed by atoms with Crippen LogP contribution in [0.3, 0.4) is 0 Å². The number of likely N-dealkylation sites (tertiary alicyclic amines) is 2. The molecule has 3 rings (SSSR count). The molecule has 0 aliphatic carbocycles. The number of benzene rings is 1. The number of carbonyl (C=O) groups excluding carboxylic acids is 2. The zero-order chi connectivity index (χ0) is 17.8. The van der Waals surface area contributed by atoms with E-state index in [-0.39, 0.29) is 42.2 Å². The number of halogens is 1. The maximum atomic E-state index is 13.1. The number of carbonyl (C=O) groups is 2. The molecule has 0 saturated carbocycles. The van der Waals surface area contributed by atoms with Gasteiger partial charge in [0, 0.05) is 38.0 Å². The minimum atomic E-state index is -0.297. The zero-order valence-corrected chi connectivity index (χ0v) is 16.3. The summed E-state index contributed by atoms with van der Waals surface area (Å²) in [6.45, 7) is 3.93. The van der Waals surface area contributed by atoms with Gasteiger partial charge in [0.05, 0.1) is 0 Å². The second-order valence-corrected chi connectivity index (χ2v) is 7.27. The van der Waals surface area contributed by atoms with E-state index in [1.165, 1.54) is 5.56 Å². The van der Waals surface area contributed by atoms with Crippen molar-refractivity contribution in [2.75, 3.05) is 19.6 Å². The van der Waals surface area contributed by atoms with E-state index in [0.717, 1.165) is 25.7 Å². The Bertz CT molecular complexity index is 610. The lowest BCUT2D eigenvalue weighted by Crippen LogP contribution is -2.52. The van der Waals surface area contributed by atoms with Crippen molar-refractivity contribution in [1.29, 1.82) is 0 Å². The second-order valence-electron chi connectivity index (χ2n) is 7.27. The topological polar surface area (TPSA) is 66.6 Å². The number of nitrogens with zero attached hydrogens (tertiary/aromatic N) is 2. The number of rotatable bonds is 4. The van der Waals surface area contributed by atoms with Gasteiger partial charge in [0.1, 0.15) is 6.04 Å². The van der Waals surface area contributed by atoms with Crippen LogP contribution in [-0.4, -0.2) is 53.3 Å². The van der Waals surface area contributed by atoms with E-state index >= 15 is 0 Å². The van der Waals surface area contributed by atoms with E-state index in [1.807, 2.05) is 34.9 Å². The molecule has 2 aliphatic heterocycles. The van der Waals surface area contributed by atoms with Crippen molar-refractivity contribution in [3.05, 3.63) is 35.9 Å². The molecule has 5 nitrogen and oxygen atoms in total. The fraction of sp³-hybridized carbons (Fsp3) is 0.600. The normalized spacial score (nSPS) is 25.7. The summed E-state index contributed by atoms with van der Waals surface area (Å²) in [7, 11) is 0. The van der Waals surface area contributed by atoms with Crippen LogP contribution in [0.1, 0.15) is 50.5 Å². The zero-order valence-electron chi connectivity index (χ0n) is 15.5. The smallest absolute Gasteiger partial charge is 0.245 e. The van der Waals surface area contributed by atoms with Gasteiger partial charge in [-0.05, 0) is 31.2 Å². The lowest BCUT2D eigenvalue weighted by Gasteiger charge is -2.37. The third-order valence-corrected chi connectivity index (χ3v) is 5.48. The van der Waals surface area contributed by atoms with Crippen LogP contribution in [0.5, 0.6) is 0 Å². The van der Waals surface area contributed by atoms with E-state index in [2.05, 4.69) is 12.1 Å². The van der Waals surface area contributed by atoms with Crippen LogP contribution >= 0.6 is 12.4 Å². The van der Waals surface area contributed by atoms with E-state index < -0.39 is 0 Å². The number of amides is 2. The summed E-state index contributed by atoms with van der Waals surface area (Å²) in [6, 6.07) is 9.83. The monoisotopic (exact) mass is 379 g/mol. The molecule has 2 heterocycles. The van der Waals surface area contributed by atoms with Crippen molar-refractivity contribution in [2.24, 2.45) is 5.73 Å². The molecule has 3 atom stereocenters. The van der Waals surface area contributed by atoms with E-state index in [0.29, 0.717) is 26.1 Å². The summed E-state index contributed by atoms with van der Waals surface area (Å²) in [6.07, 6.45) is 4.12. The Kier molecular flexibility index (Phi) is 7.47. The van der Waals surface area contributed by atoms with E-state index in [4.69, 9.17) is 5.73 Å². The van der Waals surface area contributed by atoms with Gasteiger partial charge >= 0.3 is 0 Å². The predicted octanol–water partition coefficient (Wildman–Crippen LogP) is 2.54. The van der Waals surface area contributed by atoms with E-state index in [9.17, 15) is 9.59 Å². The minimum absolute atomic E-state index is 0. The van der Waals surface area contributed by atoms with Gasteiger partial charge in [0.25, 0.3) is 0 Å². The highest BCUT2D eigenvalue weighted by Crippen LogP contribution is 2.29. The standard InChI is InChI=1S/C20H29N3O2.ClH/c1-2-8-19(24)23-12-7-6-11-18(23)20(25)22-13-16(17(21)14-22)15-9-4-3-5-10-15;/h3-5,9-10,16-18H,2,6-8,11-14,21H2,1H3;1H/t16-,17+,18?;/m0./s1. The first-order valence-corrected chi connectivity index (χ1v) is 9.50. The average molecular weight is 380 g/mol. The Balaban J connectivity index is 0.00000243. The van der Waals surface area contributed by atoms with Gasteiger partial charge in [0.2, 0.25) is 11.8 Å². The van der Waals surface area contributed by atoms with E-state index in [1.54, 1.807) is 0 Å². The molecule has 6 heteroatoms. The summed E-state index contributed by atoms with van der Waals surface area (Å²) in [5.74, 6) is 0.371. The van der Waals surface area contributed by atoms with Crippen molar-refractivity contribution in [2.45, 2.75) is 57.0 Å². The third kappa shape index (κ3) is 4.38. The number of piperidine rings is 1. The molecule has 2 N–H and O–H groups in total. The third-order valence-electron chi connectivity index (χ3n) is 5.48. The Morgan fingerprint density at radius 1 is 1.15 bits per heavy atom. The summed E-state index contributed by atoms with van der Waals surface area (Å²) >= 11 is 0. The molecular weight excluding hydrogens is 350 g/mol. The molecule has 0 radical (unpaired) electrons. The van der Waals surface area contributed by atoms with Crippen molar-refractivity contribution < 1.29 is 9.59 Å². The molecule has 2 fully saturated rings. The highest BCUT2D eigenvalue weighted by atomic mass is 35.5. The molecule has 2 aliphatic rings. The second kappa shape index (κ2) is 9.38. The first kappa shape index (κ1) is 20.7. The first-order valence-electron chi connectivity index (χ1n) is 9.50. The lowest BCUT2D eigenvalue weighted by atomic mass is 9.95. The van der Waals surface area contributed by atoms with Gasteiger partial charge in [-0.15, -0.1) is 12.4 Å². The number of hydrogen-bond donors (Lipinski definition) is 1. The Hall–Kier alpha value is -1.59. The SMILES string of the molecule is CCCC(=O)N1CCCCC1C(=O)N1C[C@@H](N)[C@H](c2ccccc2)C1.Cl. The summed E-state index contributed by atoms with van der Waals surface area (Å²) in [4.78, 5) is 29.2. The van der Waals surface area contributed by atoms with Crippen molar-refractivity contribution in [1.82, 2.24) is 9.80 Å². The fourth-order valence-electron chi connectivity index (χ4n) is 4.12. The van der Waals surface area contributed by atoms with Crippen LogP contribution < -0.4 is 5.73 Å². The van der Waals surface area contributed by atoms with Gasteiger partial charge in [-0.25, -0.2) is 0 Å². The Morgan fingerprint density at radius 2 is 1.88 bits per heavy atom. The minimum Gasteiger partial charge on any atom is -0.339 e. The molecule has 26 heavy (non-hydrogen) atoms. The first-order chi connectivity index (χ1) is 12.1. The van der Waals surface area contributed by atoms with Crippen molar-refractivity contribution in [3.63, 3.8) is 0 Å². The quantitative estimate of drug-likeness (QED) is 0.874. The molecule has 0 aromatic heterocycles. The fourth-order valence-corrected chi connectivity index (χ4v) is 4.12. The van der Waals surface area contributed by atoms with Gasteiger partial charge < -0.3 is 15.5 Å². The molecule has 2 amide bonds. The van der Waals surface area contributed by atoms with Crippen LogP contribution in [0.25, 0.3) is 0 Å². The molecule has 0 spiro atoms. The van der Waals surface area contributed by atoms with Gasteiger partial charge in [-0.1, -0.05) is 37.3 Å². The van der Waals surface area contributed by atoms with Crippen LogP contribution in [-0.2, 0) is 9.59 Å². The van der Waals surface area contributed by atoms with Gasteiger partial charge in [-0.2, -0.15) is 0 Å². The summed E-state index contributed by atoms with van der Waals surface area (Å²) in [5.41, 5.74) is 7.52. The molecule has 0 bridgehead atoms. The number of hydrogen-bond acceptors (Lipinski definition) is 3. The molecule has 144 valence electrons. The summed E-state index contributed by atoms with van der Waals surface area (Å²) in [5, 5.41) is 0. The summed E-state index contributed by atoms with van der Waals surface area (Å²) < 4.78 is 0. The average Bonchev–Trinajstić information content (AvgIpc) is 3.04. The maximum Gasteiger partial charge on any atom is 0.245 e. The lowest BCUT2D eigenvalue weighted by molar-refractivity contribution is -0.147. The largest absolute Gasteiger partial charge is 0.339 e. The van der Waals surface area contributed by atoms with Gasteiger partial charge in [-0.3, -0.25) is 9.59 Å². The van der Waals surface area contributed by atoms with Crippen molar-refractivity contribution >= 4 is 24.2 Å². The Morgan fingerprint density at radius 3 is 2.58 bits per heavy atom. The molecule has 1 unspecified atom stereocenters. The highest BCUT2D eigenvalue weighted by Gasteiger charge is 2.39. The van der Waals surface area contributed by atoms with Crippen LogP contribution in [0.4, 0.5) is 0 Å². The molecule has 2 saturated heterocycles. The van der Waals surface area contributed by atoms with Crippen LogP contribution in [0.2, 0.25) is 0 Å². The van der Waals surface area contributed by atoms with Crippen LogP contribution in [0.15, 0.2) is 30.3 Å². The molecular formula is C20H30ClN3O2. The van der Waals surface area contributed by atoms with Crippen LogP contribution in [0, 0.1) is 0 Å². The van der Waals surface area contributed by atoms with Crippen molar-refractivity contribution in [3.8, 4) is 0 Å². The molecule has 1 aromatic rings. The highest BCUT2D eigenvalue weighted by molar-refractivity contribution is 5.88. The maximum absolute atomic E-state index is 13.1. The predicted molar refractivity (Wildman–Crippen MR) is 105 cm³/mol. The molecule has 1 aromatic carbocycles.